The van der Waals surface area contributed by atoms with E-state index in [9.17, 15) is 4.79 Å². The standard InChI is InChI=1S/C18H19ClN2O4/c1-2-24-14-5-3-13(4-6-14)21-17(22)12-9-16(19)18(20-10-12)25-15-7-8-23-11-15/h3-6,9-10,15H,2,7-8,11H2,1H3,(H,21,22). The van der Waals surface area contributed by atoms with Crippen molar-refractivity contribution in [3.63, 3.8) is 0 Å². The summed E-state index contributed by atoms with van der Waals surface area (Å²) in [6, 6.07) is 8.69. The van der Waals surface area contributed by atoms with Gasteiger partial charge in [-0.3, -0.25) is 4.79 Å². The van der Waals surface area contributed by atoms with Crippen molar-refractivity contribution in [1.29, 1.82) is 0 Å². The first-order valence-corrected chi connectivity index (χ1v) is 8.47. The van der Waals surface area contributed by atoms with Crippen LogP contribution >= 0.6 is 11.6 Å². The molecule has 1 fully saturated rings. The Morgan fingerprint density at radius 2 is 2.20 bits per heavy atom. The lowest BCUT2D eigenvalue weighted by molar-refractivity contribution is 0.102. The van der Waals surface area contributed by atoms with E-state index in [-0.39, 0.29) is 12.0 Å². The summed E-state index contributed by atoms with van der Waals surface area (Å²) in [7, 11) is 0. The van der Waals surface area contributed by atoms with Gasteiger partial charge in [0.1, 0.15) is 16.9 Å². The third-order valence-corrected chi connectivity index (χ3v) is 3.93. The molecule has 1 aromatic carbocycles. The topological polar surface area (TPSA) is 69.7 Å². The highest BCUT2D eigenvalue weighted by molar-refractivity contribution is 6.32. The second-order valence-corrected chi connectivity index (χ2v) is 5.93. The first-order chi connectivity index (χ1) is 12.2. The van der Waals surface area contributed by atoms with Crippen molar-refractivity contribution < 1.29 is 19.0 Å². The summed E-state index contributed by atoms with van der Waals surface area (Å²) in [6.45, 7) is 3.71. The third kappa shape index (κ3) is 4.61. The van der Waals surface area contributed by atoms with Gasteiger partial charge in [-0.2, -0.15) is 0 Å². The number of halogens is 1. The van der Waals surface area contributed by atoms with Crippen LogP contribution in [-0.2, 0) is 4.74 Å². The third-order valence-electron chi connectivity index (χ3n) is 3.66. The highest BCUT2D eigenvalue weighted by Crippen LogP contribution is 2.25. The van der Waals surface area contributed by atoms with Crippen LogP contribution in [0.2, 0.25) is 5.02 Å². The maximum Gasteiger partial charge on any atom is 0.257 e. The van der Waals surface area contributed by atoms with Gasteiger partial charge in [0.05, 0.1) is 25.4 Å². The minimum Gasteiger partial charge on any atom is -0.494 e. The van der Waals surface area contributed by atoms with Crippen molar-refractivity contribution in [2.75, 3.05) is 25.1 Å². The average Bonchev–Trinajstić information content (AvgIpc) is 3.12. The SMILES string of the molecule is CCOc1ccc(NC(=O)c2cnc(OC3CCOC3)c(Cl)c2)cc1. The van der Waals surface area contributed by atoms with E-state index in [2.05, 4.69) is 10.3 Å². The summed E-state index contributed by atoms with van der Waals surface area (Å²) in [5.41, 5.74) is 1.02. The second-order valence-electron chi connectivity index (χ2n) is 5.53. The van der Waals surface area contributed by atoms with Crippen LogP contribution in [0, 0.1) is 0 Å². The zero-order valence-corrected chi connectivity index (χ0v) is 14.6. The van der Waals surface area contributed by atoms with Gasteiger partial charge in [-0.1, -0.05) is 11.6 Å². The molecule has 2 heterocycles. The number of benzene rings is 1. The molecule has 0 aliphatic carbocycles. The van der Waals surface area contributed by atoms with Gasteiger partial charge in [-0.25, -0.2) is 4.98 Å². The molecule has 25 heavy (non-hydrogen) atoms. The zero-order chi connectivity index (χ0) is 17.6. The molecule has 0 radical (unpaired) electrons. The van der Waals surface area contributed by atoms with E-state index in [0.717, 1.165) is 12.2 Å². The normalized spacial score (nSPS) is 16.5. The number of ether oxygens (including phenoxy) is 3. The number of anilines is 1. The molecule has 1 saturated heterocycles. The molecular weight excluding hydrogens is 344 g/mol. The Labute approximate surface area is 151 Å². The van der Waals surface area contributed by atoms with Crippen LogP contribution in [0.3, 0.4) is 0 Å². The zero-order valence-electron chi connectivity index (χ0n) is 13.8. The summed E-state index contributed by atoms with van der Waals surface area (Å²) in [4.78, 5) is 16.5. The molecule has 2 aromatic rings. The van der Waals surface area contributed by atoms with Crippen LogP contribution in [0.25, 0.3) is 0 Å². The minimum atomic E-state index is -0.297. The molecule has 1 aromatic heterocycles. The summed E-state index contributed by atoms with van der Waals surface area (Å²) in [6.07, 6.45) is 2.20. The summed E-state index contributed by atoms with van der Waals surface area (Å²) in [5, 5.41) is 3.09. The number of hydrogen-bond donors (Lipinski definition) is 1. The Morgan fingerprint density at radius 1 is 1.40 bits per heavy atom. The van der Waals surface area contributed by atoms with E-state index >= 15 is 0 Å². The van der Waals surface area contributed by atoms with E-state index in [1.807, 2.05) is 6.92 Å². The van der Waals surface area contributed by atoms with E-state index in [4.69, 9.17) is 25.8 Å². The van der Waals surface area contributed by atoms with Gasteiger partial charge in [0.2, 0.25) is 5.88 Å². The smallest absolute Gasteiger partial charge is 0.257 e. The van der Waals surface area contributed by atoms with Crippen molar-refractivity contribution in [2.45, 2.75) is 19.4 Å². The van der Waals surface area contributed by atoms with E-state index < -0.39 is 0 Å². The number of carbonyl (C=O) groups is 1. The molecule has 3 rings (SSSR count). The number of pyridine rings is 1. The minimum absolute atomic E-state index is 0.0477. The van der Waals surface area contributed by atoms with Gasteiger partial charge in [0.25, 0.3) is 5.91 Å². The predicted molar refractivity (Wildman–Crippen MR) is 94.7 cm³/mol. The first-order valence-electron chi connectivity index (χ1n) is 8.10. The largest absolute Gasteiger partial charge is 0.494 e. The molecule has 1 atom stereocenters. The first kappa shape index (κ1) is 17.5. The van der Waals surface area contributed by atoms with Crippen LogP contribution in [0.1, 0.15) is 23.7 Å². The predicted octanol–water partition coefficient (Wildman–Crippen LogP) is 3.55. The molecule has 6 nitrogen and oxygen atoms in total. The molecule has 1 amide bonds. The summed E-state index contributed by atoms with van der Waals surface area (Å²) >= 11 is 6.19. The van der Waals surface area contributed by atoms with Crippen LogP contribution in [0.15, 0.2) is 36.5 Å². The Morgan fingerprint density at radius 3 is 2.84 bits per heavy atom. The average molecular weight is 363 g/mol. The number of carbonyl (C=O) groups excluding carboxylic acids is 1. The Kier molecular flexibility index (Phi) is 5.73. The fourth-order valence-electron chi connectivity index (χ4n) is 2.40. The molecule has 7 heteroatoms. The molecule has 1 aliphatic heterocycles. The molecule has 1 N–H and O–H groups in total. The Hall–Kier alpha value is -2.31. The molecule has 1 aliphatic rings. The van der Waals surface area contributed by atoms with Gasteiger partial charge in [0, 0.05) is 18.3 Å². The van der Waals surface area contributed by atoms with Gasteiger partial charge >= 0.3 is 0 Å². The van der Waals surface area contributed by atoms with Crippen molar-refractivity contribution in [2.24, 2.45) is 0 Å². The monoisotopic (exact) mass is 362 g/mol. The fraction of sp³-hybridized carbons (Fsp3) is 0.333. The number of rotatable bonds is 6. The maximum absolute atomic E-state index is 12.3. The van der Waals surface area contributed by atoms with E-state index in [1.54, 1.807) is 30.3 Å². The Balaban J connectivity index is 1.64. The number of nitrogens with zero attached hydrogens (tertiary/aromatic N) is 1. The number of aromatic nitrogens is 1. The molecule has 0 bridgehead atoms. The molecule has 0 spiro atoms. The lowest BCUT2D eigenvalue weighted by Crippen LogP contribution is -2.17. The van der Waals surface area contributed by atoms with Gasteiger partial charge in [-0.15, -0.1) is 0 Å². The van der Waals surface area contributed by atoms with Crippen LogP contribution in [-0.4, -0.2) is 36.8 Å². The molecule has 1 unspecified atom stereocenters. The second kappa shape index (κ2) is 8.18. The van der Waals surface area contributed by atoms with Crippen molar-refractivity contribution >= 4 is 23.2 Å². The fourth-order valence-corrected chi connectivity index (χ4v) is 2.62. The van der Waals surface area contributed by atoms with E-state index in [0.29, 0.717) is 42.0 Å². The highest BCUT2D eigenvalue weighted by Gasteiger charge is 2.20. The number of nitrogens with one attached hydrogen (secondary N) is 1. The van der Waals surface area contributed by atoms with Gasteiger partial charge < -0.3 is 19.5 Å². The summed E-state index contributed by atoms with van der Waals surface area (Å²) in [5.74, 6) is 0.770. The van der Waals surface area contributed by atoms with Crippen LogP contribution < -0.4 is 14.8 Å². The molecule has 0 saturated carbocycles. The number of amides is 1. The number of hydrogen-bond acceptors (Lipinski definition) is 5. The van der Waals surface area contributed by atoms with Crippen LogP contribution in [0.4, 0.5) is 5.69 Å². The quantitative estimate of drug-likeness (QED) is 0.850. The summed E-state index contributed by atoms with van der Waals surface area (Å²) < 4.78 is 16.3. The Bertz CT molecular complexity index is 730. The van der Waals surface area contributed by atoms with Crippen molar-refractivity contribution in [3.05, 3.63) is 47.1 Å². The van der Waals surface area contributed by atoms with Gasteiger partial charge in [0.15, 0.2) is 0 Å². The highest BCUT2D eigenvalue weighted by atomic mass is 35.5. The molecular formula is C18H19ClN2O4. The van der Waals surface area contributed by atoms with Gasteiger partial charge in [-0.05, 0) is 37.3 Å². The lowest BCUT2D eigenvalue weighted by atomic mass is 10.2. The lowest BCUT2D eigenvalue weighted by Gasteiger charge is -2.12. The molecule has 132 valence electrons. The van der Waals surface area contributed by atoms with Crippen molar-refractivity contribution in [3.8, 4) is 11.6 Å². The van der Waals surface area contributed by atoms with E-state index in [1.165, 1.54) is 6.20 Å². The van der Waals surface area contributed by atoms with Crippen LogP contribution in [0.5, 0.6) is 11.6 Å². The van der Waals surface area contributed by atoms with Crippen molar-refractivity contribution in [1.82, 2.24) is 4.98 Å². The maximum atomic E-state index is 12.3.